The van der Waals surface area contributed by atoms with Gasteiger partial charge in [0.05, 0.1) is 24.5 Å². The summed E-state index contributed by atoms with van der Waals surface area (Å²) in [6, 6.07) is 4.42. The van der Waals surface area contributed by atoms with Crippen molar-refractivity contribution in [1.29, 1.82) is 0 Å². The molecule has 0 spiro atoms. The number of anilines is 2. The van der Waals surface area contributed by atoms with Crippen molar-refractivity contribution in [1.82, 2.24) is 5.32 Å². The molecule has 1 aromatic carbocycles. The Balaban J connectivity index is 3.00. The third kappa shape index (κ3) is 4.06. The summed E-state index contributed by atoms with van der Waals surface area (Å²) in [6.45, 7) is -0.735. The summed E-state index contributed by atoms with van der Waals surface area (Å²) in [7, 11) is 1.49. The Morgan fingerprint density at radius 2 is 2.21 bits per heavy atom. The van der Waals surface area contributed by atoms with Gasteiger partial charge >= 0.3 is 0 Å². The topological polar surface area (TPSA) is 78.6 Å². The standard InChI is InChI=1S/C12H17F2N3O2/c1-16-12(19)8-2-3-10(9(15)6-8)17(4-5-18)7-11(13)14/h2-3,6,11,18H,4-5,7,15H2,1H3,(H,16,19). The smallest absolute Gasteiger partial charge is 0.255 e. The average molecular weight is 273 g/mol. The largest absolute Gasteiger partial charge is 0.397 e. The highest BCUT2D eigenvalue weighted by molar-refractivity contribution is 5.96. The fraction of sp³-hybridized carbons (Fsp3) is 0.417. The first-order valence-electron chi connectivity index (χ1n) is 5.75. The number of amides is 1. The Morgan fingerprint density at radius 3 is 2.68 bits per heavy atom. The van der Waals surface area contributed by atoms with Gasteiger partial charge in [0, 0.05) is 19.2 Å². The summed E-state index contributed by atoms with van der Waals surface area (Å²) in [4.78, 5) is 12.7. The lowest BCUT2D eigenvalue weighted by Gasteiger charge is -2.25. The van der Waals surface area contributed by atoms with Crippen molar-refractivity contribution < 1.29 is 18.7 Å². The first kappa shape index (κ1) is 15.2. The lowest BCUT2D eigenvalue weighted by Crippen LogP contribution is -2.32. The molecular weight excluding hydrogens is 256 g/mol. The van der Waals surface area contributed by atoms with Crippen LogP contribution in [0.1, 0.15) is 10.4 Å². The van der Waals surface area contributed by atoms with E-state index in [1.807, 2.05) is 0 Å². The van der Waals surface area contributed by atoms with Crippen LogP contribution in [0.15, 0.2) is 18.2 Å². The van der Waals surface area contributed by atoms with Gasteiger partial charge in [-0.25, -0.2) is 8.78 Å². The number of nitrogens with zero attached hydrogens (tertiary/aromatic N) is 1. The summed E-state index contributed by atoms with van der Waals surface area (Å²) in [6.07, 6.45) is -2.54. The number of benzene rings is 1. The van der Waals surface area contributed by atoms with Crippen LogP contribution in [0.5, 0.6) is 0 Å². The second-order valence-electron chi connectivity index (χ2n) is 3.91. The van der Waals surface area contributed by atoms with Crippen LogP contribution in [-0.4, -0.2) is 44.2 Å². The molecule has 0 saturated carbocycles. The molecule has 0 aliphatic heterocycles. The zero-order chi connectivity index (χ0) is 14.4. The van der Waals surface area contributed by atoms with Crippen LogP contribution in [0.25, 0.3) is 0 Å². The van der Waals surface area contributed by atoms with E-state index in [0.29, 0.717) is 11.3 Å². The molecule has 0 aromatic heterocycles. The minimum Gasteiger partial charge on any atom is -0.397 e. The van der Waals surface area contributed by atoms with Crippen molar-refractivity contribution in [3.05, 3.63) is 23.8 Å². The molecule has 1 rings (SSSR count). The number of hydrogen-bond donors (Lipinski definition) is 3. The number of aliphatic hydroxyl groups is 1. The Morgan fingerprint density at radius 1 is 1.53 bits per heavy atom. The highest BCUT2D eigenvalue weighted by Gasteiger charge is 2.16. The van der Waals surface area contributed by atoms with Gasteiger partial charge in [-0.2, -0.15) is 0 Å². The van der Waals surface area contributed by atoms with E-state index in [1.54, 1.807) is 0 Å². The SMILES string of the molecule is CNC(=O)c1ccc(N(CCO)CC(F)F)c(N)c1. The number of carbonyl (C=O) groups excluding carboxylic acids is 1. The van der Waals surface area contributed by atoms with Crippen molar-refractivity contribution in [2.24, 2.45) is 0 Å². The Bertz CT molecular complexity index is 441. The molecule has 0 saturated heterocycles. The van der Waals surface area contributed by atoms with Crippen molar-refractivity contribution >= 4 is 17.3 Å². The van der Waals surface area contributed by atoms with Gasteiger partial charge in [-0.1, -0.05) is 0 Å². The Labute approximate surface area is 110 Å². The van der Waals surface area contributed by atoms with Crippen LogP contribution in [0.2, 0.25) is 0 Å². The van der Waals surface area contributed by atoms with E-state index >= 15 is 0 Å². The number of aliphatic hydroxyl groups excluding tert-OH is 1. The van der Waals surface area contributed by atoms with Gasteiger partial charge in [0.15, 0.2) is 0 Å². The van der Waals surface area contributed by atoms with E-state index in [4.69, 9.17) is 10.8 Å². The number of rotatable bonds is 6. The minimum absolute atomic E-state index is 0.0495. The molecule has 7 heteroatoms. The number of hydrogen-bond acceptors (Lipinski definition) is 4. The number of carbonyl (C=O) groups is 1. The highest BCUT2D eigenvalue weighted by atomic mass is 19.3. The second-order valence-corrected chi connectivity index (χ2v) is 3.91. The highest BCUT2D eigenvalue weighted by Crippen LogP contribution is 2.25. The van der Waals surface area contributed by atoms with Gasteiger partial charge in [0.2, 0.25) is 0 Å². The number of alkyl halides is 2. The molecule has 0 fully saturated rings. The van der Waals surface area contributed by atoms with Crippen LogP contribution in [0, 0.1) is 0 Å². The third-order valence-electron chi connectivity index (χ3n) is 2.59. The normalized spacial score (nSPS) is 10.6. The fourth-order valence-electron chi connectivity index (χ4n) is 1.73. The molecule has 0 bridgehead atoms. The lowest BCUT2D eigenvalue weighted by atomic mass is 10.1. The Hall–Kier alpha value is -1.89. The summed E-state index contributed by atoms with van der Waals surface area (Å²) in [5.41, 5.74) is 6.72. The van der Waals surface area contributed by atoms with E-state index < -0.39 is 13.0 Å². The van der Waals surface area contributed by atoms with E-state index in [0.717, 1.165) is 0 Å². The Kier molecular flexibility index (Phi) is 5.50. The van der Waals surface area contributed by atoms with Gasteiger partial charge < -0.3 is 21.1 Å². The molecule has 0 heterocycles. The molecule has 19 heavy (non-hydrogen) atoms. The monoisotopic (exact) mass is 273 g/mol. The number of halogens is 2. The quantitative estimate of drug-likeness (QED) is 0.666. The fourth-order valence-corrected chi connectivity index (χ4v) is 1.73. The average Bonchev–Trinajstić information content (AvgIpc) is 2.36. The third-order valence-corrected chi connectivity index (χ3v) is 2.59. The molecule has 5 nitrogen and oxygen atoms in total. The summed E-state index contributed by atoms with van der Waals surface area (Å²) in [5, 5.41) is 11.3. The first-order valence-corrected chi connectivity index (χ1v) is 5.75. The zero-order valence-corrected chi connectivity index (χ0v) is 10.6. The zero-order valence-electron chi connectivity index (χ0n) is 10.6. The molecule has 1 aromatic rings. The van der Waals surface area contributed by atoms with Crippen LogP contribution in [0.4, 0.5) is 20.2 Å². The summed E-state index contributed by atoms with van der Waals surface area (Å²) < 4.78 is 24.9. The van der Waals surface area contributed by atoms with Crippen molar-refractivity contribution in [3.63, 3.8) is 0 Å². The second kappa shape index (κ2) is 6.89. The summed E-state index contributed by atoms with van der Waals surface area (Å²) >= 11 is 0. The van der Waals surface area contributed by atoms with Crippen molar-refractivity contribution in [2.75, 3.05) is 37.4 Å². The number of nitrogens with two attached hydrogens (primary N) is 1. The molecule has 0 atom stereocenters. The van der Waals surface area contributed by atoms with Gasteiger partial charge in [-0.15, -0.1) is 0 Å². The predicted octanol–water partition coefficient (Wildman–Crippen LogP) is 0.692. The van der Waals surface area contributed by atoms with E-state index in [1.165, 1.54) is 30.1 Å². The summed E-state index contributed by atoms with van der Waals surface area (Å²) in [5.74, 6) is -0.305. The van der Waals surface area contributed by atoms with E-state index in [2.05, 4.69) is 5.32 Å². The van der Waals surface area contributed by atoms with Crippen LogP contribution < -0.4 is 16.0 Å². The van der Waals surface area contributed by atoms with Crippen molar-refractivity contribution in [2.45, 2.75) is 6.43 Å². The van der Waals surface area contributed by atoms with Crippen LogP contribution >= 0.6 is 0 Å². The predicted molar refractivity (Wildman–Crippen MR) is 69.5 cm³/mol. The number of nitrogen functional groups attached to an aromatic ring is 1. The van der Waals surface area contributed by atoms with Crippen LogP contribution in [-0.2, 0) is 0 Å². The molecule has 106 valence electrons. The molecule has 0 radical (unpaired) electrons. The lowest BCUT2D eigenvalue weighted by molar-refractivity contribution is 0.0963. The molecule has 1 amide bonds. The van der Waals surface area contributed by atoms with E-state index in [9.17, 15) is 13.6 Å². The van der Waals surface area contributed by atoms with Gasteiger partial charge in [-0.3, -0.25) is 4.79 Å². The molecule has 0 unspecified atom stereocenters. The first-order chi connectivity index (χ1) is 8.99. The molecular formula is C12H17F2N3O2. The molecule has 0 aliphatic carbocycles. The maximum absolute atomic E-state index is 12.5. The molecule has 4 N–H and O–H groups in total. The number of nitrogens with one attached hydrogen (secondary N) is 1. The van der Waals surface area contributed by atoms with Gasteiger partial charge in [0.25, 0.3) is 12.3 Å². The molecule has 0 aliphatic rings. The maximum Gasteiger partial charge on any atom is 0.255 e. The maximum atomic E-state index is 12.5. The van der Waals surface area contributed by atoms with Gasteiger partial charge in [-0.05, 0) is 18.2 Å². The van der Waals surface area contributed by atoms with Crippen LogP contribution in [0.3, 0.4) is 0 Å². The minimum atomic E-state index is -2.54. The van der Waals surface area contributed by atoms with Crippen molar-refractivity contribution in [3.8, 4) is 0 Å². The van der Waals surface area contributed by atoms with Gasteiger partial charge in [0.1, 0.15) is 0 Å². The van der Waals surface area contributed by atoms with E-state index in [-0.39, 0.29) is 24.7 Å².